The number of benzene rings is 3. The Morgan fingerprint density at radius 1 is 1.12 bits per heavy atom. The molecule has 0 radical (unpaired) electrons. The molecule has 1 aliphatic heterocycles. The largest absolute Gasteiger partial charge is 0.464 e. The molecule has 0 unspecified atom stereocenters. The van der Waals surface area contributed by atoms with Crippen LogP contribution in [0.1, 0.15) is 43.4 Å². The van der Waals surface area contributed by atoms with Crippen molar-refractivity contribution in [1.82, 2.24) is 10.2 Å². The minimum Gasteiger partial charge on any atom is -0.464 e. The summed E-state index contributed by atoms with van der Waals surface area (Å²) < 4.78 is 20.2. The molecule has 5 rings (SSSR count). The fourth-order valence-corrected chi connectivity index (χ4v) is 5.98. The van der Waals surface area contributed by atoms with Crippen LogP contribution in [0.15, 0.2) is 71.3 Å². The summed E-state index contributed by atoms with van der Waals surface area (Å²) in [5.41, 5.74) is 10.6. The van der Waals surface area contributed by atoms with Crippen LogP contribution in [-0.2, 0) is 29.1 Å². The first kappa shape index (κ1) is 27.9. The topological polar surface area (TPSA) is 88.6 Å². The molecule has 2 amide bonds. The van der Waals surface area contributed by atoms with Crippen molar-refractivity contribution < 1.29 is 18.4 Å². The molecule has 3 N–H and O–H groups in total. The summed E-state index contributed by atoms with van der Waals surface area (Å²) in [5, 5.41) is 3.74. The number of nitrogens with two attached hydrogens (primary N) is 1. The van der Waals surface area contributed by atoms with Crippen LogP contribution in [0.4, 0.5) is 4.39 Å². The number of likely N-dealkylation sites (tertiary alicyclic amines) is 1. The second kappa shape index (κ2) is 11.8. The van der Waals surface area contributed by atoms with Gasteiger partial charge in [0.2, 0.25) is 11.8 Å². The first-order chi connectivity index (χ1) is 19.3. The average molecular weight is 562 g/mol. The molecule has 2 heterocycles. The van der Waals surface area contributed by atoms with Crippen LogP contribution >= 0.6 is 11.6 Å². The molecule has 0 bridgehead atoms. The van der Waals surface area contributed by atoms with E-state index in [4.69, 9.17) is 21.8 Å². The van der Waals surface area contributed by atoms with E-state index in [2.05, 4.69) is 12.2 Å². The molecular formula is C32H33ClFN3O3. The summed E-state index contributed by atoms with van der Waals surface area (Å²) in [6, 6.07) is 17.8. The van der Waals surface area contributed by atoms with Gasteiger partial charge in [-0.2, -0.15) is 0 Å². The van der Waals surface area contributed by atoms with Gasteiger partial charge in [-0.05, 0) is 60.2 Å². The van der Waals surface area contributed by atoms with E-state index in [0.29, 0.717) is 18.5 Å². The lowest BCUT2D eigenvalue weighted by Crippen LogP contribution is -2.49. The Bertz CT molecular complexity index is 1530. The smallest absolute Gasteiger partial charge is 0.243 e. The molecule has 208 valence electrons. The van der Waals surface area contributed by atoms with Crippen LogP contribution in [0.5, 0.6) is 0 Å². The number of hydrogen-bond donors (Lipinski definition) is 2. The van der Waals surface area contributed by atoms with E-state index in [0.717, 1.165) is 39.6 Å². The molecule has 0 aliphatic carbocycles. The van der Waals surface area contributed by atoms with E-state index in [1.807, 2.05) is 49.4 Å². The fraction of sp³-hybridized carbons (Fsp3) is 0.312. The second-order valence-electron chi connectivity index (χ2n) is 10.5. The summed E-state index contributed by atoms with van der Waals surface area (Å²) in [5.74, 6) is -0.770. The van der Waals surface area contributed by atoms with Crippen LogP contribution in [0.25, 0.3) is 22.1 Å². The lowest BCUT2D eigenvalue weighted by molar-refractivity contribution is -0.139. The van der Waals surface area contributed by atoms with E-state index in [1.165, 1.54) is 6.07 Å². The first-order valence-electron chi connectivity index (χ1n) is 13.6. The number of carbonyl (C=O) groups excluding carboxylic acids is 2. The molecule has 3 atom stereocenters. The number of hydrogen-bond acceptors (Lipinski definition) is 4. The van der Waals surface area contributed by atoms with Crippen molar-refractivity contribution in [3.8, 4) is 11.1 Å². The maximum Gasteiger partial charge on any atom is 0.243 e. The zero-order chi connectivity index (χ0) is 28.4. The number of rotatable bonds is 8. The monoisotopic (exact) mass is 561 g/mol. The van der Waals surface area contributed by atoms with Crippen molar-refractivity contribution in [2.75, 3.05) is 0 Å². The SMILES string of the molecule is CC[C@@H]1C[C@@H](C(=O)NCc2cccc(Cl)c2F)N(C(=O)Cc2cc(-c3ccc(CN)cc3)c3occc3c2)[C@@H]1C. The standard InChI is InChI=1S/C32H33ClFN3O3/c1-3-22-16-28(32(39)36-18-25-5-4-6-27(33)30(25)34)37(19(22)2)29(38)15-21-13-24-11-12-40-31(24)26(14-21)23-9-7-20(17-35)8-10-23/h4-14,19,22,28H,3,15-18,35H2,1-2H3,(H,36,39)/t19-,22-,28+/m1/s1. The predicted molar refractivity (Wildman–Crippen MR) is 155 cm³/mol. The van der Waals surface area contributed by atoms with Gasteiger partial charge in [-0.3, -0.25) is 9.59 Å². The molecular weight excluding hydrogens is 529 g/mol. The van der Waals surface area contributed by atoms with Crippen LogP contribution in [0.3, 0.4) is 0 Å². The lowest BCUT2D eigenvalue weighted by atomic mass is 9.97. The van der Waals surface area contributed by atoms with Crippen molar-refractivity contribution in [2.24, 2.45) is 11.7 Å². The van der Waals surface area contributed by atoms with Crippen molar-refractivity contribution in [3.05, 3.63) is 94.5 Å². The molecule has 1 aliphatic rings. The molecule has 40 heavy (non-hydrogen) atoms. The van der Waals surface area contributed by atoms with Gasteiger partial charge in [0.05, 0.1) is 17.7 Å². The molecule has 1 aromatic heterocycles. The van der Waals surface area contributed by atoms with E-state index >= 15 is 0 Å². The van der Waals surface area contributed by atoms with Crippen molar-refractivity contribution in [3.63, 3.8) is 0 Å². The maximum absolute atomic E-state index is 14.4. The van der Waals surface area contributed by atoms with Gasteiger partial charge in [-0.25, -0.2) is 4.39 Å². The maximum atomic E-state index is 14.4. The number of nitrogens with one attached hydrogen (secondary N) is 1. The Morgan fingerprint density at radius 3 is 2.62 bits per heavy atom. The van der Waals surface area contributed by atoms with Gasteiger partial charge in [0, 0.05) is 35.6 Å². The zero-order valence-electron chi connectivity index (χ0n) is 22.6. The highest BCUT2D eigenvalue weighted by Crippen LogP contribution is 2.35. The summed E-state index contributed by atoms with van der Waals surface area (Å²) in [6.45, 7) is 4.53. The zero-order valence-corrected chi connectivity index (χ0v) is 23.4. The number of halogens is 2. The van der Waals surface area contributed by atoms with Gasteiger partial charge in [-0.1, -0.05) is 61.3 Å². The molecule has 1 saturated heterocycles. The van der Waals surface area contributed by atoms with Gasteiger partial charge < -0.3 is 20.4 Å². The average Bonchev–Trinajstić information content (AvgIpc) is 3.57. The van der Waals surface area contributed by atoms with Gasteiger partial charge >= 0.3 is 0 Å². The van der Waals surface area contributed by atoms with Crippen LogP contribution in [0, 0.1) is 11.7 Å². The molecule has 1 fully saturated rings. The molecule has 4 aromatic rings. The summed E-state index contributed by atoms with van der Waals surface area (Å²) in [4.78, 5) is 28.9. The second-order valence-corrected chi connectivity index (χ2v) is 10.9. The van der Waals surface area contributed by atoms with E-state index in [9.17, 15) is 14.0 Å². The van der Waals surface area contributed by atoms with Crippen molar-refractivity contribution in [2.45, 2.75) is 58.3 Å². The minimum absolute atomic E-state index is 0.00159. The Labute approximate surface area is 238 Å². The van der Waals surface area contributed by atoms with Crippen molar-refractivity contribution >= 4 is 34.4 Å². The highest BCUT2D eigenvalue weighted by molar-refractivity contribution is 6.30. The summed E-state index contributed by atoms with van der Waals surface area (Å²) in [6.07, 6.45) is 3.20. The predicted octanol–water partition coefficient (Wildman–Crippen LogP) is 6.23. The van der Waals surface area contributed by atoms with Gasteiger partial charge in [0.15, 0.2) is 0 Å². The van der Waals surface area contributed by atoms with Gasteiger partial charge in [-0.15, -0.1) is 0 Å². The van der Waals surface area contributed by atoms with Crippen LogP contribution < -0.4 is 11.1 Å². The molecule has 8 heteroatoms. The number of fused-ring (bicyclic) bond motifs is 1. The summed E-state index contributed by atoms with van der Waals surface area (Å²) >= 11 is 5.90. The fourth-order valence-electron chi connectivity index (χ4n) is 5.78. The molecule has 0 spiro atoms. The van der Waals surface area contributed by atoms with E-state index < -0.39 is 11.9 Å². The highest BCUT2D eigenvalue weighted by atomic mass is 35.5. The third kappa shape index (κ3) is 5.49. The Hall–Kier alpha value is -3.68. The lowest BCUT2D eigenvalue weighted by Gasteiger charge is -2.29. The van der Waals surface area contributed by atoms with Crippen LogP contribution in [-0.4, -0.2) is 28.8 Å². The van der Waals surface area contributed by atoms with Crippen LogP contribution in [0.2, 0.25) is 5.02 Å². The quantitative estimate of drug-likeness (QED) is 0.267. The normalized spacial score (nSPS) is 18.8. The highest BCUT2D eigenvalue weighted by Gasteiger charge is 2.43. The Kier molecular flexibility index (Phi) is 8.24. The molecule has 6 nitrogen and oxygen atoms in total. The number of carbonyl (C=O) groups is 2. The third-order valence-electron chi connectivity index (χ3n) is 8.05. The molecule has 0 saturated carbocycles. The molecule has 3 aromatic carbocycles. The number of nitrogens with zero attached hydrogens (tertiary/aromatic N) is 1. The Morgan fingerprint density at radius 2 is 1.90 bits per heavy atom. The van der Waals surface area contributed by atoms with Gasteiger partial charge in [0.25, 0.3) is 0 Å². The summed E-state index contributed by atoms with van der Waals surface area (Å²) in [7, 11) is 0. The first-order valence-corrected chi connectivity index (χ1v) is 14.0. The van der Waals surface area contributed by atoms with Crippen molar-refractivity contribution in [1.29, 1.82) is 0 Å². The number of amides is 2. The third-order valence-corrected chi connectivity index (χ3v) is 8.34. The minimum atomic E-state index is -0.629. The number of furan rings is 1. The Balaban J connectivity index is 1.38. The van der Waals surface area contributed by atoms with E-state index in [-0.39, 0.29) is 41.8 Å². The van der Waals surface area contributed by atoms with E-state index in [1.54, 1.807) is 23.3 Å². The van der Waals surface area contributed by atoms with Gasteiger partial charge in [0.1, 0.15) is 17.4 Å².